The molecule has 1 aromatic carbocycles. The van der Waals surface area contributed by atoms with Crippen molar-refractivity contribution in [3.63, 3.8) is 0 Å². The van der Waals surface area contributed by atoms with Crippen LogP contribution in [0.3, 0.4) is 0 Å². The first-order valence-electron chi connectivity index (χ1n) is 5.63. The molecule has 16 heavy (non-hydrogen) atoms. The van der Waals surface area contributed by atoms with Crippen LogP contribution in [0, 0.1) is 0 Å². The molecular weight excluding hydrogens is 220 g/mol. The Morgan fingerprint density at radius 3 is 3.00 bits per heavy atom. The Morgan fingerprint density at radius 1 is 1.38 bits per heavy atom. The van der Waals surface area contributed by atoms with Gasteiger partial charge in [-0.05, 0) is 31.0 Å². The molecule has 1 unspecified atom stereocenters. The number of ether oxygens (including phenoxy) is 1. The molecule has 0 bridgehead atoms. The van der Waals surface area contributed by atoms with Crippen molar-refractivity contribution >= 4 is 17.5 Å². The molecule has 0 aromatic heterocycles. The second-order valence-electron chi connectivity index (χ2n) is 4.00. The molecule has 1 atom stereocenters. The summed E-state index contributed by atoms with van der Waals surface area (Å²) in [7, 11) is 1.66. The molecule has 2 nitrogen and oxygen atoms in total. The predicted octanol–water partition coefficient (Wildman–Crippen LogP) is 3.30. The van der Waals surface area contributed by atoms with E-state index in [1.165, 1.54) is 6.42 Å². The summed E-state index contributed by atoms with van der Waals surface area (Å²) < 4.78 is 5.17. The van der Waals surface area contributed by atoms with Crippen LogP contribution in [-0.4, -0.2) is 18.1 Å². The Labute approximate surface area is 100 Å². The number of carbonyl (C=O) groups is 1. The molecule has 3 heteroatoms. The number of carbonyl (C=O) groups excluding carboxylic acids is 1. The van der Waals surface area contributed by atoms with Gasteiger partial charge in [-0.25, -0.2) is 0 Å². The van der Waals surface area contributed by atoms with Gasteiger partial charge in [0.1, 0.15) is 11.5 Å². The number of rotatable bonds is 3. The van der Waals surface area contributed by atoms with E-state index in [4.69, 9.17) is 4.74 Å². The third kappa shape index (κ3) is 2.79. The average molecular weight is 236 g/mol. The molecule has 0 amide bonds. The maximum atomic E-state index is 11.7. The van der Waals surface area contributed by atoms with Gasteiger partial charge in [0.2, 0.25) is 0 Å². The van der Waals surface area contributed by atoms with Crippen molar-refractivity contribution in [3.05, 3.63) is 24.3 Å². The number of Topliss-reactive ketones (excluding diaryl/α,β-unsaturated/α-hetero) is 1. The van der Waals surface area contributed by atoms with E-state index in [1.807, 2.05) is 24.3 Å². The van der Waals surface area contributed by atoms with Crippen molar-refractivity contribution in [2.45, 2.75) is 35.8 Å². The van der Waals surface area contributed by atoms with E-state index in [0.717, 1.165) is 29.9 Å². The van der Waals surface area contributed by atoms with E-state index in [1.54, 1.807) is 18.9 Å². The lowest BCUT2D eigenvalue weighted by molar-refractivity contribution is -0.119. The summed E-state index contributed by atoms with van der Waals surface area (Å²) in [6, 6.07) is 7.92. The van der Waals surface area contributed by atoms with Gasteiger partial charge in [-0.15, -0.1) is 11.8 Å². The van der Waals surface area contributed by atoms with Crippen LogP contribution >= 0.6 is 11.8 Å². The van der Waals surface area contributed by atoms with E-state index in [-0.39, 0.29) is 5.25 Å². The van der Waals surface area contributed by atoms with Crippen LogP contribution in [0.15, 0.2) is 29.2 Å². The molecule has 0 saturated heterocycles. The van der Waals surface area contributed by atoms with Gasteiger partial charge in [0, 0.05) is 11.3 Å². The van der Waals surface area contributed by atoms with Crippen LogP contribution in [0.25, 0.3) is 0 Å². The largest absolute Gasteiger partial charge is 0.497 e. The summed E-state index contributed by atoms with van der Waals surface area (Å²) in [5, 5.41) is 0.154. The van der Waals surface area contributed by atoms with E-state index >= 15 is 0 Å². The highest BCUT2D eigenvalue weighted by atomic mass is 32.2. The summed E-state index contributed by atoms with van der Waals surface area (Å²) in [4.78, 5) is 12.8. The number of methoxy groups -OCH3 is 1. The first-order chi connectivity index (χ1) is 7.79. The van der Waals surface area contributed by atoms with Gasteiger partial charge in [0.25, 0.3) is 0 Å². The molecule has 2 rings (SSSR count). The standard InChI is InChI=1S/C13H16O2S/c1-15-10-5-4-6-11(9-10)16-13-8-3-2-7-12(13)14/h4-6,9,13H,2-3,7-8H2,1H3. The van der Waals surface area contributed by atoms with Gasteiger partial charge in [0.15, 0.2) is 0 Å². The molecular formula is C13H16O2S. The van der Waals surface area contributed by atoms with E-state index in [0.29, 0.717) is 5.78 Å². The van der Waals surface area contributed by atoms with E-state index < -0.39 is 0 Å². The lowest BCUT2D eigenvalue weighted by Crippen LogP contribution is -2.21. The van der Waals surface area contributed by atoms with E-state index in [9.17, 15) is 4.79 Å². The maximum Gasteiger partial charge on any atom is 0.146 e. The number of ketones is 1. The Kier molecular flexibility index (Phi) is 3.88. The lowest BCUT2D eigenvalue weighted by atomic mass is 9.99. The third-order valence-corrected chi connectivity index (χ3v) is 4.13. The topological polar surface area (TPSA) is 26.3 Å². The zero-order valence-electron chi connectivity index (χ0n) is 9.44. The van der Waals surface area contributed by atoms with Crippen LogP contribution in [0.4, 0.5) is 0 Å². The Morgan fingerprint density at radius 2 is 2.25 bits per heavy atom. The molecule has 0 heterocycles. The molecule has 1 aromatic rings. The zero-order chi connectivity index (χ0) is 11.4. The molecule has 0 spiro atoms. The number of thioether (sulfide) groups is 1. The van der Waals surface area contributed by atoms with Crippen LogP contribution < -0.4 is 4.74 Å². The Bertz CT molecular complexity index is 376. The van der Waals surface area contributed by atoms with Crippen molar-refractivity contribution in [1.82, 2.24) is 0 Å². The van der Waals surface area contributed by atoms with Crippen LogP contribution in [-0.2, 0) is 4.79 Å². The highest BCUT2D eigenvalue weighted by Crippen LogP contribution is 2.32. The summed E-state index contributed by atoms with van der Waals surface area (Å²) in [5.41, 5.74) is 0. The minimum Gasteiger partial charge on any atom is -0.497 e. The Hall–Kier alpha value is -0.960. The molecule has 0 radical (unpaired) electrons. The van der Waals surface area contributed by atoms with Gasteiger partial charge in [-0.2, -0.15) is 0 Å². The quantitative estimate of drug-likeness (QED) is 0.805. The normalized spacial score (nSPS) is 20.8. The SMILES string of the molecule is COc1cccc(SC2CCCCC2=O)c1. The minimum atomic E-state index is 0.154. The molecule has 0 aliphatic heterocycles. The second kappa shape index (κ2) is 5.39. The third-order valence-electron chi connectivity index (χ3n) is 2.82. The summed E-state index contributed by atoms with van der Waals surface area (Å²) in [6.07, 6.45) is 4.00. The fraction of sp³-hybridized carbons (Fsp3) is 0.462. The predicted molar refractivity (Wildman–Crippen MR) is 66.1 cm³/mol. The summed E-state index contributed by atoms with van der Waals surface area (Å²) in [6.45, 7) is 0. The highest BCUT2D eigenvalue weighted by molar-refractivity contribution is 8.00. The van der Waals surface area contributed by atoms with E-state index in [2.05, 4.69) is 0 Å². The van der Waals surface area contributed by atoms with Crippen LogP contribution in [0.1, 0.15) is 25.7 Å². The van der Waals surface area contributed by atoms with Crippen molar-refractivity contribution < 1.29 is 9.53 Å². The molecule has 1 saturated carbocycles. The average Bonchev–Trinajstić information content (AvgIpc) is 2.32. The van der Waals surface area contributed by atoms with Crippen molar-refractivity contribution in [3.8, 4) is 5.75 Å². The molecule has 0 N–H and O–H groups in total. The molecule has 1 fully saturated rings. The highest BCUT2D eigenvalue weighted by Gasteiger charge is 2.22. The summed E-state index contributed by atoms with van der Waals surface area (Å²) in [5.74, 6) is 1.26. The van der Waals surface area contributed by atoms with Gasteiger partial charge in [0.05, 0.1) is 12.4 Å². The lowest BCUT2D eigenvalue weighted by Gasteiger charge is -2.19. The monoisotopic (exact) mass is 236 g/mol. The molecule has 1 aliphatic rings. The van der Waals surface area contributed by atoms with Crippen LogP contribution in [0.2, 0.25) is 0 Å². The number of benzene rings is 1. The first kappa shape index (κ1) is 11.5. The zero-order valence-corrected chi connectivity index (χ0v) is 10.3. The van der Waals surface area contributed by atoms with Gasteiger partial charge >= 0.3 is 0 Å². The molecule has 1 aliphatic carbocycles. The smallest absolute Gasteiger partial charge is 0.146 e. The fourth-order valence-corrected chi connectivity index (χ4v) is 3.12. The number of hydrogen-bond acceptors (Lipinski definition) is 3. The first-order valence-corrected chi connectivity index (χ1v) is 6.51. The molecule has 86 valence electrons. The summed E-state index contributed by atoms with van der Waals surface area (Å²) >= 11 is 1.67. The van der Waals surface area contributed by atoms with Gasteiger partial charge < -0.3 is 4.74 Å². The fourth-order valence-electron chi connectivity index (χ4n) is 1.91. The second-order valence-corrected chi connectivity index (χ2v) is 5.27. The Balaban J connectivity index is 2.04. The number of hydrogen-bond donors (Lipinski definition) is 0. The van der Waals surface area contributed by atoms with Gasteiger partial charge in [-0.3, -0.25) is 4.79 Å². The minimum absolute atomic E-state index is 0.154. The van der Waals surface area contributed by atoms with Crippen molar-refractivity contribution in [2.24, 2.45) is 0 Å². The van der Waals surface area contributed by atoms with Gasteiger partial charge in [-0.1, -0.05) is 12.5 Å². The van der Waals surface area contributed by atoms with Crippen molar-refractivity contribution in [2.75, 3.05) is 7.11 Å². The van der Waals surface area contributed by atoms with Crippen molar-refractivity contribution in [1.29, 1.82) is 0 Å². The van der Waals surface area contributed by atoms with Crippen LogP contribution in [0.5, 0.6) is 5.75 Å². The maximum absolute atomic E-state index is 11.7.